The van der Waals surface area contributed by atoms with Crippen LogP contribution in [0.2, 0.25) is 0 Å². The molecule has 1 atom stereocenters. The third kappa shape index (κ3) is 3.57. The van der Waals surface area contributed by atoms with Crippen LogP contribution in [0, 0.1) is 0 Å². The molecule has 0 bridgehead atoms. The van der Waals surface area contributed by atoms with Crippen molar-refractivity contribution in [1.29, 1.82) is 0 Å². The molecule has 0 radical (unpaired) electrons. The van der Waals surface area contributed by atoms with Gasteiger partial charge in [-0.25, -0.2) is 0 Å². The van der Waals surface area contributed by atoms with Gasteiger partial charge in [0.2, 0.25) is 0 Å². The van der Waals surface area contributed by atoms with Crippen LogP contribution < -0.4 is 10.6 Å². The highest BCUT2D eigenvalue weighted by Crippen LogP contribution is 2.49. The number of carbonyl (C=O) groups is 1. The summed E-state index contributed by atoms with van der Waals surface area (Å²) in [4.78, 5) is 12.1. The predicted octanol–water partition coefficient (Wildman–Crippen LogP) is 3.70. The molecule has 0 aliphatic rings. The standard InChI is InChI=1S/C21H19O3P/c22-21(23)20(16-17-10-4-1-5-11-17)25(24,18-12-6-2-7-13-18)19-14-8-3-9-15-19/h1-15,20H,16H2,(H,22,23). The van der Waals surface area contributed by atoms with Gasteiger partial charge in [-0.05, 0) is 12.0 Å². The van der Waals surface area contributed by atoms with Crippen molar-refractivity contribution in [2.24, 2.45) is 0 Å². The molecule has 0 aliphatic heterocycles. The SMILES string of the molecule is O=C(O)C(Cc1ccccc1)P(=O)(c1ccccc1)c1ccccc1. The minimum atomic E-state index is -3.36. The van der Waals surface area contributed by atoms with E-state index >= 15 is 0 Å². The van der Waals surface area contributed by atoms with Gasteiger partial charge in [0, 0.05) is 10.6 Å². The van der Waals surface area contributed by atoms with Gasteiger partial charge in [0.1, 0.15) is 5.66 Å². The Kier molecular flexibility index (Phi) is 5.16. The average Bonchev–Trinajstić information content (AvgIpc) is 2.67. The topological polar surface area (TPSA) is 54.4 Å². The first-order valence-electron chi connectivity index (χ1n) is 8.10. The molecule has 1 unspecified atom stereocenters. The molecule has 0 fully saturated rings. The maximum Gasteiger partial charge on any atom is 0.314 e. The van der Waals surface area contributed by atoms with Gasteiger partial charge in [-0.15, -0.1) is 0 Å². The molecule has 0 aliphatic carbocycles. The molecule has 3 aromatic carbocycles. The van der Waals surface area contributed by atoms with E-state index in [1.54, 1.807) is 48.5 Å². The maximum absolute atomic E-state index is 14.2. The van der Waals surface area contributed by atoms with Gasteiger partial charge >= 0.3 is 5.97 Å². The van der Waals surface area contributed by atoms with Crippen LogP contribution in [0.5, 0.6) is 0 Å². The van der Waals surface area contributed by atoms with E-state index in [4.69, 9.17) is 0 Å². The van der Waals surface area contributed by atoms with Crippen LogP contribution in [-0.2, 0) is 15.8 Å². The van der Waals surface area contributed by atoms with Crippen LogP contribution in [0.3, 0.4) is 0 Å². The highest BCUT2D eigenvalue weighted by molar-refractivity contribution is 7.80. The molecule has 3 nitrogen and oxygen atoms in total. The number of carboxylic acids is 1. The molecule has 1 N–H and O–H groups in total. The summed E-state index contributed by atoms with van der Waals surface area (Å²) in [7, 11) is -3.36. The lowest BCUT2D eigenvalue weighted by molar-refractivity contribution is -0.136. The van der Waals surface area contributed by atoms with E-state index in [0.29, 0.717) is 10.6 Å². The Morgan fingerprint density at radius 2 is 1.16 bits per heavy atom. The van der Waals surface area contributed by atoms with Crippen molar-refractivity contribution in [3.05, 3.63) is 96.6 Å². The van der Waals surface area contributed by atoms with Gasteiger partial charge in [-0.2, -0.15) is 0 Å². The van der Waals surface area contributed by atoms with Gasteiger partial charge in [-0.1, -0.05) is 91.0 Å². The molecular weight excluding hydrogens is 331 g/mol. The second-order valence-corrected chi connectivity index (χ2v) is 8.84. The normalized spacial score (nSPS) is 12.5. The van der Waals surface area contributed by atoms with Crippen molar-refractivity contribution >= 4 is 23.7 Å². The van der Waals surface area contributed by atoms with Crippen LogP contribution in [0.25, 0.3) is 0 Å². The number of aliphatic carboxylic acids is 1. The minimum absolute atomic E-state index is 0.219. The second kappa shape index (κ2) is 7.50. The first-order chi connectivity index (χ1) is 12.1. The van der Waals surface area contributed by atoms with Gasteiger partial charge in [-0.3, -0.25) is 4.79 Å². The quantitative estimate of drug-likeness (QED) is 0.690. The maximum atomic E-state index is 14.2. The first kappa shape index (κ1) is 17.2. The van der Waals surface area contributed by atoms with E-state index in [0.717, 1.165) is 5.56 Å². The van der Waals surface area contributed by atoms with Crippen LogP contribution in [0.15, 0.2) is 91.0 Å². The summed E-state index contributed by atoms with van der Waals surface area (Å²) in [5, 5.41) is 11.1. The largest absolute Gasteiger partial charge is 0.481 e. The first-order valence-corrected chi connectivity index (χ1v) is 9.87. The highest BCUT2D eigenvalue weighted by atomic mass is 31.2. The summed E-state index contributed by atoms with van der Waals surface area (Å²) < 4.78 is 14.2. The smallest absolute Gasteiger partial charge is 0.314 e. The Morgan fingerprint density at radius 3 is 1.56 bits per heavy atom. The number of carboxylic acid groups (broad SMARTS) is 1. The number of hydrogen-bond donors (Lipinski definition) is 1. The molecule has 0 amide bonds. The lowest BCUT2D eigenvalue weighted by Gasteiger charge is -2.26. The summed E-state index contributed by atoms with van der Waals surface area (Å²) in [6.45, 7) is 0. The van der Waals surface area contributed by atoms with Gasteiger partial charge in [0.15, 0.2) is 7.14 Å². The highest BCUT2D eigenvalue weighted by Gasteiger charge is 2.41. The third-order valence-electron chi connectivity index (χ3n) is 4.28. The fourth-order valence-electron chi connectivity index (χ4n) is 3.02. The van der Waals surface area contributed by atoms with Crippen molar-refractivity contribution in [2.45, 2.75) is 12.1 Å². The Hall–Kier alpha value is -2.64. The van der Waals surface area contributed by atoms with Crippen molar-refractivity contribution in [1.82, 2.24) is 0 Å². The van der Waals surface area contributed by atoms with E-state index < -0.39 is 18.8 Å². The summed E-state index contributed by atoms with van der Waals surface area (Å²) in [6.07, 6.45) is 0.219. The fraction of sp³-hybridized carbons (Fsp3) is 0.0952. The monoisotopic (exact) mass is 350 g/mol. The van der Waals surface area contributed by atoms with Crippen molar-refractivity contribution in [3.8, 4) is 0 Å². The zero-order valence-electron chi connectivity index (χ0n) is 13.7. The molecule has 0 aromatic heterocycles. The van der Waals surface area contributed by atoms with Gasteiger partial charge in [0.25, 0.3) is 0 Å². The average molecular weight is 350 g/mol. The molecule has 0 saturated carbocycles. The second-order valence-electron chi connectivity index (χ2n) is 5.87. The van der Waals surface area contributed by atoms with Crippen LogP contribution >= 0.6 is 7.14 Å². The summed E-state index contributed by atoms with van der Waals surface area (Å²) in [5.41, 5.74) is -0.151. The Morgan fingerprint density at radius 1 is 0.760 bits per heavy atom. The van der Waals surface area contributed by atoms with Crippen molar-refractivity contribution in [3.63, 3.8) is 0 Å². The van der Waals surface area contributed by atoms with E-state index in [2.05, 4.69) is 0 Å². The summed E-state index contributed by atoms with van der Waals surface area (Å²) in [5.74, 6) is -1.04. The van der Waals surface area contributed by atoms with E-state index in [9.17, 15) is 14.5 Å². The van der Waals surface area contributed by atoms with E-state index in [1.807, 2.05) is 42.5 Å². The molecule has 25 heavy (non-hydrogen) atoms. The minimum Gasteiger partial charge on any atom is -0.481 e. The molecular formula is C21H19O3P. The molecule has 126 valence electrons. The Bertz CT molecular complexity index is 833. The van der Waals surface area contributed by atoms with E-state index in [-0.39, 0.29) is 6.42 Å². The Labute approximate surface area is 147 Å². The summed E-state index contributed by atoms with van der Waals surface area (Å²) >= 11 is 0. The van der Waals surface area contributed by atoms with Crippen molar-refractivity contribution < 1.29 is 14.5 Å². The molecule has 4 heteroatoms. The van der Waals surface area contributed by atoms with E-state index in [1.165, 1.54) is 0 Å². The zero-order chi connectivity index (χ0) is 17.7. The number of rotatable bonds is 6. The lowest BCUT2D eigenvalue weighted by atomic mass is 10.1. The number of hydrogen-bond acceptors (Lipinski definition) is 2. The molecule has 0 saturated heterocycles. The lowest BCUT2D eigenvalue weighted by Crippen LogP contribution is -2.33. The zero-order valence-corrected chi connectivity index (χ0v) is 14.6. The van der Waals surface area contributed by atoms with Gasteiger partial charge in [0.05, 0.1) is 0 Å². The summed E-state index contributed by atoms with van der Waals surface area (Å²) in [6, 6.07) is 27.3. The van der Waals surface area contributed by atoms with Crippen molar-refractivity contribution in [2.75, 3.05) is 0 Å². The Balaban J connectivity index is 2.15. The van der Waals surface area contributed by atoms with Crippen LogP contribution in [0.1, 0.15) is 5.56 Å². The van der Waals surface area contributed by atoms with Crippen LogP contribution in [0.4, 0.5) is 0 Å². The predicted molar refractivity (Wildman–Crippen MR) is 101 cm³/mol. The number of benzene rings is 3. The molecule has 0 spiro atoms. The molecule has 3 rings (SSSR count). The third-order valence-corrected chi connectivity index (χ3v) is 7.69. The van der Waals surface area contributed by atoms with Gasteiger partial charge < -0.3 is 9.67 Å². The van der Waals surface area contributed by atoms with Crippen LogP contribution in [-0.4, -0.2) is 16.7 Å². The molecule has 0 heterocycles. The molecule has 3 aromatic rings. The fourth-order valence-corrected chi connectivity index (χ4v) is 6.04.